The van der Waals surface area contributed by atoms with Gasteiger partial charge in [-0.15, -0.1) is 0 Å². The third kappa shape index (κ3) is 4.86. The molecule has 6 nitrogen and oxygen atoms in total. The number of rotatable bonds is 6. The normalized spacial score (nSPS) is 18.3. The summed E-state index contributed by atoms with van der Waals surface area (Å²) in [4.78, 5) is 8.58. The molecule has 1 aliphatic rings. The molecular weight excluding hydrogens is 384 g/mol. The molecule has 3 atom stereocenters. The van der Waals surface area contributed by atoms with E-state index in [1.807, 2.05) is 39.0 Å². The first kappa shape index (κ1) is 19.8. The number of nitrogens with zero attached hydrogens (tertiary/aromatic N) is 2. The molecule has 0 radical (unpaired) electrons. The van der Waals surface area contributed by atoms with E-state index in [0.717, 1.165) is 16.8 Å². The summed E-state index contributed by atoms with van der Waals surface area (Å²) in [7, 11) is -1.16. The molecule has 8 heteroatoms. The van der Waals surface area contributed by atoms with E-state index in [4.69, 9.17) is 11.6 Å². The zero-order chi connectivity index (χ0) is 19.6. The van der Waals surface area contributed by atoms with Crippen LogP contribution in [0.2, 0.25) is 5.02 Å². The van der Waals surface area contributed by atoms with Crippen molar-refractivity contribution < 1.29 is 9.32 Å². The number of benzene rings is 1. The van der Waals surface area contributed by atoms with Gasteiger partial charge in [-0.25, -0.2) is 9.97 Å². The van der Waals surface area contributed by atoms with Crippen LogP contribution < -0.4 is 10.6 Å². The molecule has 0 aliphatic carbocycles. The van der Waals surface area contributed by atoms with Gasteiger partial charge < -0.3 is 15.7 Å². The highest BCUT2D eigenvalue weighted by Crippen LogP contribution is 2.30. The summed E-state index contributed by atoms with van der Waals surface area (Å²) in [5.41, 5.74) is 2.47. The molecule has 0 saturated heterocycles. The van der Waals surface area contributed by atoms with Gasteiger partial charge in [0, 0.05) is 28.2 Å². The maximum absolute atomic E-state index is 12.3. The molecule has 1 aromatic heterocycles. The van der Waals surface area contributed by atoms with Crippen LogP contribution in [-0.2, 0) is 10.8 Å². The second-order valence-corrected chi connectivity index (χ2v) is 8.79. The second kappa shape index (κ2) is 8.37. The van der Waals surface area contributed by atoms with Crippen LogP contribution in [0.25, 0.3) is 6.08 Å². The highest BCUT2D eigenvalue weighted by atomic mass is 35.5. The van der Waals surface area contributed by atoms with E-state index in [9.17, 15) is 9.32 Å². The molecule has 0 amide bonds. The number of fused-ring (bicyclic) bond motifs is 1. The lowest BCUT2D eigenvalue weighted by Gasteiger charge is -2.28. The van der Waals surface area contributed by atoms with Crippen molar-refractivity contribution in [3.8, 4) is 0 Å². The van der Waals surface area contributed by atoms with E-state index in [2.05, 4.69) is 20.6 Å². The van der Waals surface area contributed by atoms with Crippen molar-refractivity contribution in [2.24, 2.45) is 5.92 Å². The number of anilines is 2. The van der Waals surface area contributed by atoms with Crippen LogP contribution in [0.1, 0.15) is 26.3 Å². The topological polar surface area (TPSA) is 87.1 Å². The van der Waals surface area contributed by atoms with Gasteiger partial charge in [0.05, 0.1) is 16.8 Å². The summed E-state index contributed by atoms with van der Waals surface area (Å²) in [6.07, 6.45) is 2.66. The molecule has 3 rings (SSSR count). The van der Waals surface area contributed by atoms with Crippen LogP contribution in [-0.4, -0.2) is 37.3 Å². The average Bonchev–Trinajstić information content (AvgIpc) is 2.61. The average molecular weight is 407 g/mol. The first-order chi connectivity index (χ1) is 12.8. The minimum atomic E-state index is -1.16. The van der Waals surface area contributed by atoms with Crippen LogP contribution in [0.4, 0.5) is 11.6 Å². The summed E-state index contributed by atoms with van der Waals surface area (Å²) in [5, 5.41) is 17.8. The highest BCUT2D eigenvalue weighted by molar-refractivity contribution is 7.84. The van der Waals surface area contributed by atoms with E-state index >= 15 is 0 Å². The van der Waals surface area contributed by atoms with E-state index in [1.54, 1.807) is 18.3 Å². The first-order valence-corrected chi connectivity index (χ1v) is 10.5. The van der Waals surface area contributed by atoms with E-state index in [0.29, 0.717) is 27.7 Å². The fourth-order valence-corrected chi connectivity index (χ4v) is 4.20. The summed E-state index contributed by atoms with van der Waals surface area (Å²) < 4.78 is 12.3. The van der Waals surface area contributed by atoms with Crippen molar-refractivity contribution in [2.75, 3.05) is 16.4 Å². The number of aliphatic hydroxyl groups excluding tert-OH is 1. The largest absolute Gasteiger partial charge is 0.370 e. The van der Waals surface area contributed by atoms with E-state index in [-0.39, 0.29) is 6.04 Å². The molecular formula is C19H23ClN4O2S. The van der Waals surface area contributed by atoms with Crippen LogP contribution in [0.3, 0.4) is 0 Å². The van der Waals surface area contributed by atoms with Gasteiger partial charge in [-0.1, -0.05) is 25.4 Å². The number of aromatic nitrogens is 2. The van der Waals surface area contributed by atoms with E-state index in [1.165, 1.54) is 0 Å². The molecule has 2 heterocycles. The Morgan fingerprint density at radius 2 is 2.11 bits per heavy atom. The smallest absolute Gasteiger partial charge is 0.224 e. The number of hydrogen-bond acceptors (Lipinski definition) is 6. The molecule has 3 N–H and O–H groups in total. The lowest BCUT2D eigenvalue weighted by Crippen LogP contribution is -2.34. The second-order valence-electron chi connectivity index (χ2n) is 6.91. The Bertz CT molecular complexity index is 888. The minimum Gasteiger partial charge on any atom is -0.370 e. The molecule has 144 valence electrons. The van der Waals surface area contributed by atoms with Crippen LogP contribution in [0.15, 0.2) is 41.1 Å². The zero-order valence-electron chi connectivity index (χ0n) is 15.4. The Morgan fingerprint density at radius 1 is 1.33 bits per heavy atom. The van der Waals surface area contributed by atoms with Crippen molar-refractivity contribution in [1.82, 2.24) is 9.97 Å². The van der Waals surface area contributed by atoms with Crippen molar-refractivity contribution in [3.05, 3.63) is 46.6 Å². The minimum absolute atomic E-state index is 0.242. The van der Waals surface area contributed by atoms with Gasteiger partial charge in [0.15, 0.2) is 0 Å². The van der Waals surface area contributed by atoms with Crippen LogP contribution >= 0.6 is 11.6 Å². The lowest BCUT2D eigenvalue weighted by atomic mass is 9.98. The molecule has 0 bridgehead atoms. The Balaban J connectivity index is 1.79. The maximum atomic E-state index is 12.3. The van der Waals surface area contributed by atoms with Crippen molar-refractivity contribution in [1.29, 1.82) is 0 Å². The Labute approximate surface area is 166 Å². The summed E-state index contributed by atoms with van der Waals surface area (Å²) in [6, 6.07) is 6.88. The van der Waals surface area contributed by atoms with Crippen LogP contribution in [0.5, 0.6) is 0 Å². The Morgan fingerprint density at radius 3 is 2.85 bits per heavy atom. The molecule has 1 unspecified atom stereocenters. The SMILES string of the molecule is CC(C)C[S@](=O)c1ccnc(N[C@@H](C)C2=Cc3cc(Cl)ccc3NC2O)n1. The van der Waals surface area contributed by atoms with Gasteiger partial charge in [-0.2, -0.15) is 0 Å². The maximum Gasteiger partial charge on any atom is 0.224 e. The first-order valence-electron chi connectivity index (χ1n) is 8.77. The standard InChI is InChI=1S/C19H23ClN4O2S/c1-11(2)10-27(26)17-6-7-21-19(24-17)22-12(3)15-9-13-8-14(20)4-5-16(13)23-18(15)25/h4-9,11-12,18,23,25H,10H2,1-3H3,(H,21,22,24)/t12-,18?,27-/m0/s1. The molecule has 0 saturated carbocycles. The molecule has 0 fully saturated rings. The summed E-state index contributed by atoms with van der Waals surface area (Å²) in [5.74, 6) is 1.25. The highest BCUT2D eigenvalue weighted by Gasteiger charge is 2.23. The number of aliphatic hydroxyl groups is 1. The van der Waals surface area contributed by atoms with Gasteiger partial charge in [0.25, 0.3) is 0 Å². The molecule has 2 aromatic rings. The van der Waals surface area contributed by atoms with E-state index < -0.39 is 17.0 Å². The number of nitrogens with one attached hydrogen (secondary N) is 2. The predicted octanol–water partition coefficient (Wildman–Crippen LogP) is 3.52. The number of halogens is 1. The molecule has 0 spiro atoms. The molecule has 1 aromatic carbocycles. The van der Waals surface area contributed by atoms with Crippen molar-refractivity contribution in [2.45, 2.75) is 38.1 Å². The van der Waals surface area contributed by atoms with Crippen molar-refractivity contribution >= 4 is 40.1 Å². The number of hydrogen-bond donors (Lipinski definition) is 3. The summed E-state index contributed by atoms with van der Waals surface area (Å²) in [6.45, 7) is 5.95. The van der Waals surface area contributed by atoms with Gasteiger partial charge >= 0.3 is 0 Å². The van der Waals surface area contributed by atoms with Gasteiger partial charge in [0.1, 0.15) is 11.3 Å². The van der Waals surface area contributed by atoms with Gasteiger partial charge in [-0.05, 0) is 48.7 Å². The monoisotopic (exact) mass is 406 g/mol. The molecule has 1 aliphatic heterocycles. The lowest BCUT2D eigenvalue weighted by molar-refractivity contribution is 0.234. The quantitative estimate of drug-likeness (QED) is 0.636. The van der Waals surface area contributed by atoms with Gasteiger partial charge in [-0.3, -0.25) is 4.21 Å². The Hall–Kier alpha value is -1.96. The van der Waals surface area contributed by atoms with Gasteiger partial charge in [0.2, 0.25) is 5.95 Å². The fourth-order valence-electron chi connectivity index (χ4n) is 2.84. The predicted molar refractivity (Wildman–Crippen MR) is 110 cm³/mol. The Kier molecular flexibility index (Phi) is 6.14. The fraction of sp³-hybridized carbons (Fsp3) is 0.368. The third-order valence-corrected chi connectivity index (χ3v) is 6.04. The van der Waals surface area contributed by atoms with Crippen molar-refractivity contribution in [3.63, 3.8) is 0 Å². The molecule has 27 heavy (non-hydrogen) atoms. The van der Waals surface area contributed by atoms with Crippen LogP contribution in [0, 0.1) is 5.92 Å². The zero-order valence-corrected chi connectivity index (χ0v) is 17.0. The summed E-state index contributed by atoms with van der Waals surface area (Å²) >= 11 is 6.07. The third-order valence-electron chi connectivity index (χ3n) is 4.14.